The quantitative estimate of drug-likeness (QED) is 0.645. The summed E-state index contributed by atoms with van der Waals surface area (Å²) in [6, 6.07) is 1.89. The van der Waals surface area contributed by atoms with Crippen LogP contribution in [0.3, 0.4) is 0 Å². The van der Waals surface area contributed by atoms with Gasteiger partial charge in [-0.25, -0.2) is 9.97 Å². The largest absolute Gasteiger partial charge is 0.313 e. The van der Waals surface area contributed by atoms with E-state index < -0.39 is 0 Å². The smallest absolute Gasteiger partial charge is 0.142 e. The van der Waals surface area contributed by atoms with Crippen LogP contribution >= 0.6 is 0 Å². The Hall–Kier alpha value is -0.960. The van der Waals surface area contributed by atoms with Crippen molar-refractivity contribution in [2.45, 2.75) is 13.5 Å². The van der Waals surface area contributed by atoms with Crippen LogP contribution in [0.1, 0.15) is 11.5 Å². The first-order chi connectivity index (χ1) is 4.83. The van der Waals surface area contributed by atoms with Crippen molar-refractivity contribution in [3.05, 3.63) is 23.8 Å². The molecule has 0 aromatic carbocycles. The molecule has 0 atom stereocenters. The number of nitrogens with one attached hydrogen (secondary N) is 1. The summed E-state index contributed by atoms with van der Waals surface area (Å²) in [6.07, 6.45) is 1.77. The molecule has 0 fully saturated rings. The minimum absolute atomic E-state index is 0.738. The molecule has 0 spiro atoms. The second kappa shape index (κ2) is 3.27. The highest BCUT2D eigenvalue weighted by molar-refractivity contribution is 4.99. The van der Waals surface area contributed by atoms with Crippen LogP contribution < -0.4 is 5.32 Å². The lowest BCUT2D eigenvalue weighted by molar-refractivity contribution is 0.752. The summed E-state index contributed by atoms with van der Waals surface area (Å²) >= 11 is 0. The minimum atomic E-state index is 0.738. The lowest BCUT2D eigenvalue weighted by Gasteiger charge is -1.97. The SMILES string of the molecule is CNCc1nccc(C)n1. The average molecular weight is 137 g/mol. The molecule has 54 valence electrons. The van der Waals surface area contributed by atoms with E-state index >= 15 is 0 Å². The number of hydrogen-bond acceptors (Lipinski definition) is 3. The fourth-order valence-corrected chi connectivity index (χ4v) is 0.744. The summed E-state index contributed by atoms with van der Waals surface area (Å²) in [5.41, 5.74) is 1.01. The Morgan fingerprint density at radius 1 is 1.60 bits per heavy atom. The van der Waals surface area contributed by atoms with Crippen molar-refractivity contribution in [1.29, 1.82) is 0 Å². The standard InChI is InChI=1S/C7H11N3/c1-6-3-4-9-7(10-6)5-8-2/h3-4,8H,5H2,1-2H3. The second-order valence-electron chi connectivity index (χ2n) is 2.14. The summed E-state index contributed by atoms with van der Waals surface area (Å²) in [5.74, 6) is 0.850. The summed E-state index contributed by atoms with van der Waals surface area (Å²) in [6.45, 7) is 2.70. The zero-order valence-electron chi connectivity index (χ0n) is 6.26. The van der Waals surface area contributed by atoms with E-state index in [0.29, 0.717) is 0 Å². The highest BCUT2D eigenvalue weighted by Gasteiger charge is 1.91. The molecule has 3 heteroatoms. The molecule has 3 nitrogen and oxygen atoms in total. The van der Waals surface area contributed by atoms with Crippen LogP contribution in [0.25, 0.3) is 0 Å². The average Bonchev–Trinajstić information content (AvgIpc) is 1.88. The molecule has 0 bridgehead atoms. The van der Waals surface area contributed by atoms with E-state index in [-0.39, 0.29) is 0 Å². The van der Waals surface area contributed by atoms with Gasteiger partial charge in [-0.1, -0.05) is 0 Å². The van der Waals surface area contributed by atoms with E-state index in [9.17, 15) is 0 Å². The van der Waals surface area contributed by atoms with Gasteiger partial charge in [-0.05, 0) is 20.0 Å². The van der Waals surface area contributed by atoms with Crippen LogP contribution in [-0.2, 0) is 6.54 Å². The number of nitrogens with zero attached hydrogens (tertiary/aromatic N) is 2. The van der Waals surface area contributed by atoms with Gasteiger partial charge in [0.25, 0.3) is 0 Å². The van der Waals surface area contributed by atoms with Crippen molar-refractivity contribution in [3.8, 4) is 0 Å². The van der Waals surface area contributed by atoms with Crippen LogP contribution in [0.5, 0.6) is 0 Å². The molecule has 0 aliphatic rings. The topological polar surface area (TPSA) is 37.8 Å². The predicted molar refractivity (Wildman–Crippen MR) is 39.5 cm³/mol. The Morgan fingerprint density at radius 3 is 3.00 bits per heavy atom. The zero-order chi connectivity index (χ0) is 7.40. The molecule has 0 radical (unpaired) electrons. The van der Waals surface area contributed by atoms with Gasteiger partial charge in [-0.15, -0.1) is 0 Å². The number of hydrogen-bond donors (Lipinski definition) is 1. The van der Waals surface area contributed by atoms with Gasteiger partial charge in [0.05, 0.1) is 6.54 Å². The van der Waals surface area contributed by atoms with Crippen molar-refractivity contribution in [1.82, 2.24) is 15.3 Å². The minimum Gasteiger partial charge on any atom is -0.313 e. The van der Waals surface area contributed by atoms with Gasteiger partial charge in [0.15, 0.2) is 0 Å². The number of aromatic nitrogens is 2. The third-order valence-electron chi connectivity index (χ3n) is 1.18. The number of aryl methyl sites for hydroxylation is 1. The van der Waals surface area contributed by atoms with Gasteiger partial charge in [0.1, 0.15) is 5.82 Å². The molecule has 0 aliphatic heterocycles. The van der Waals surface area contributed by atoms with Crippen LogP contribution in [0.4, 0.5) is 0 Å². The molecule has 1 rings (SSSR count). The first kappa shape index (κ1) is 7.15. The third kappa shape index (κ3) is 1.77. The summed E-state index contributed by atoms with van der Waals surface area (Å²) in [4.78, 5) is 8.25. The van der Waals surface area contributed by atoms with E-state index in [2.05, 4.69) is 15.3 Å². The van der Waals surface area contributed by atoms with Crippen LogP contribution in [0.2, 0.25) is 0 Å². The van der Waals surface area contributed by atoms with Gasteiger partial charge >= 0.3 is 0 Å². The Kier molecular flexibility index (Phi) is 2.34. The van der Waals surface area contributed by atoms with Crippen LogP contribution in [0.15, 0.2) is 12.3 Å². The highest BCUT2D eigenvalue weighted by Crippen LogP contribution is 1.91. The molecular formula is C7H11N3. The summed E-state index contributed by atoms with van der Waals surface area (Å²) in [5, 5.41) is 2.99. The maximum Gasteiger partial charge on any atom is 0.142 e. The molecule has 0 amide bonds. The fourth-order valence-electron chi connectivity index (χ4n) is 0.744. The van der Waals surface area contributed by atoms with E-state index in [4.69, 9.17) is 0 Å². The normalized spacial score (nSPS) is 9.80. The summed E-state index contributed by atoms with van der Waals surface area (Å²) < 4.78 is 0. The van der Waals surface area contributed by atoms with Crippen LogP contribution in [0, 0.1) is 6.92 Å². The first-order valence-corrected chi connectivity index (χ1v) is 3.26. The Labute approximate surface area is 60.5 Å². The van der Waals surface area contributed by atoms with Gasteiger partial charge < -0.3 is 5.32 Å². The van der Waals surface area contributed by atoms with Gasteiger partial charge in [-0.2, -0.15) is 0 Å². The molecule has 1 N–H and O–H groups in total. The molecule has 1 heterocycles. The third-order valence-corrected chi connectivity index (χ3v) is 1.18. The van der Waals surface area contributed by atoms with Crippen molar-refractivity contribution >= 4 is 0 Å². The van der Waals surface area contributed by atoms with E-state index in [1.807, 2.05) is 20.0 Å². The van der Waals surface area contributed by atoms with E-state index in [1.165, 1.54) is 0 Å². The Bertz CT molecular complexity index is 210. The van der Waals surface area contributed by atoms with Crippen molar-refractivity contribution in [3.63, 3.8) is 0 Å². The second-order valence-corrected chi connectivity index (χ2v) is 2.14. The van der Waals surface area contributed by atoms with Crippen LogP contribution in [-0.4, -0.2) is 17.0 Å². The lowest BCUT2D eigenvalue weighted by Crippen LogP contribution is -2.08. The Balaban J connectivity index is 2.75. The fraction of sp³-hybridized carbons (Fsp3) is 0.429. The molecular weight excluding hydrogens is 126 g/mol. The molecule has 0 aliphatic carbocycles. The van der Waals surface area contributed by atoms with Gasteiger partial charge in [-0.3, -0.25) is 0 Å². The Morgan fingerprint density at radius 2 is 2.40 bits per heavy atom. The maximum atomic E-state index is 4.19. The van der Waals surface area contributed by atoms with Crippen molar-refractivity contribution in [2.75, 3.05) is 7.05 Å². The van der Waals surface area contributed by atoms with E-state index in [1.54, 1.807) is 6.20 Å². The monoisotopic (exact) mass is 137 g/mol. The molecule has 1 aromatic rings. The van der Waals surface area contributed by atoms with E-state index in [0.717, 1.165) is 18.1 Å². The molecule has 0 saturated heterocycles. The zero-order valence-corrected chi connectivity index (χ0v) is 6.26. The van der Waals surface area contributed by atoms with Crippen molar-refractivity contribution < 1.29 is 0 Å². The predicted octanol–water partition coefficient (Wildman–Crippen LogP) is 0.504. The van der Waals surface area contributed by atoms with Gasteiger partial charge in [0.2, 0.25) is 0 Å². The highest BCUT2D eigenvalue weighted by atomic mass is 14.9. The maximum absolute atomic E-state index is 4.19. The lowest BCUT2D eigenvalue weighted by atomic mass is 10.4. The molecule has 0 unspecified atom stereocenters. The molecule has 0 saturated carbocycles. The molecule has 10 heavy (non-hydrogen) atoms. The summed E-state index contributed by atoms with van der Waals surface area (Å²) in [7, 11) is 1.88. The number of rotatable bonds is 2. The van der Waals surface area contributed by atoms with Crippen molar-refractivity contribution in [2.24, 2.45) is 0 Å². The first-order valence-electron chi connectivity index (χ1n) is 3.26. The van der Waals surface area contributed by atoms with Gasteiger partial charge in [0, 0.05) is 11.9 Å². The molecule has 1 aromatic heterocycles.